The number of piperidine rings is 1. The molecule has 0 saturated carbocycles. The van der Waals surface area contributed by atoms with Gasteiger partial charge in [0.05, 0.1) is 5.56 Å². The maximum atomic E-state index is 12.6. The van der Waals surface area contributed by atoms with Crippen LogP contribution in [0.1, 0.15) is 36.5 Å². The second-order valence-corrected chi connectivity index (χ2v) is 6.16. The van der Waals surface area contributed by atoms with Gasteiger partial charge in [0.2, 0.25) is 0 Å². The number of carbonyl (C=O) groups excluding carboxylic acids is 1. The van der Waals surface area contributed by atoms with Crippen molar-refractivity contribution >= 4 is 23.2 Å². The Kier molecular flexibility index (Phi) is 5.48. The Morgan fingerprint density at radius 1 is 1.43 bits per heavy atom. The summed E-state index contributed by atoms with van der Waals surface area (Å²) in [6.07, 6.45) is 3.23. The fourth-order valence-electron chi connectivity index (χ4n) is 2.93. The molecule has 1 aromatic carbocycles. The van der Waals surface area contributed by atoms with Crippen molar-refractivity contribution in [2.75, 3.05) is 32.4 Å². The number of hydrogen-bond acceptors (Lipinski definition) is 3. The molecule has 0 bridgehead atoms. The summed E-state index contributed by atoms with van der Waals surface area (Å²) in [5.74, 6) is -0.0156. The van der Waals surface area contributed by atoms with Gasteiger partial charge in [-0.1, -0.05) is 18.5 Å². The van der Waals surface area contributed by atoms with E-state index >= 15 is 0 Å². The number of amides is 1. The average Bonchev–Trinajstić information content (AvgIpc) is 2.47. The van der Waals surface area contributed by atoms with Crippen molar-refractivity contribution in [3.63, 3.8) is 0 Å². The lowest BCUT2D eigenvalue weighted by atomic mass is 10.0. The number of benzene rings is 1. The van der Waals surface area contributed by atoms with Gasteiger partial charge in [0, 0.05) is 36.9 Å². The highest BCUT2D eigenvalue weighted by Gasteiger charge is 2.26. The van der Waals surface area contributed by atoms with Gasteiger partial charge in [-0.05, 0) is 44.0 Å². The first-order valence-electron chi connectivity index (χ1n) is 7.57. The third-order valence-electron chi connectivity index (χ3n) is 4.21. The SMILES string of the molecule is CCCN1CCC(N(C)C(=O)c2ccc(Cl)cc2N)CC1. The van der Waals surface area contributed by atoms with Crippen molar-refractivity contribution < 1.29 is 4.79 Å². The highest BCUT2D eigenvalue weighted by atomic mass is 35.5. The Balaban J connectivity index is 2.00. The molecule has 116 valence electrons. The third kappa shape index (κ3) is 3.89. The Morgan fingerprint density at radius 3 is 2.67 bits per heavy atom. The number of hydrogen-bond donors (Lipinski definition) is 1. The number of nitrogen functional groups attached to an aromatic ring is 1. The number of nitrogens with two attached hydrogens (primary N) is 1. The van der Waals surface area contributed by atoms with Gasteiger partial charge >= 0.3 is 0 Å². The Labute approximate surface area is 131 Å². The monoisotopic (exact) mass is 309 g/mol. The zero-order valence-corrected chi connectivity index (χ0v) is 13.6. The van der Waals surface area contributed by atoms with E-state index < -0.39 is 0 Å². The Bertz CT molecular complexity index is 498. The quantitative estimate of drug-likeness (QED) is 0.870. The molecule has 0 aromatic heterocycles. The maximum absolute atomic E-state index is 12.6. The summed E-state index contributed by atoms with van der Waals surface area (Å²) in [4.78, 5) is 16.9. The molecule has 0 spiro atoms. The normalized spacial score (nSPS) is 16.9. The third-order valence-corrected chi connectivity index (χ3v) is 4.44. The summed E-state index contributed by atoms with van der Waals surface area (Å²) in [5, 5.41) is 0.555. The van der Waals surface area contributed by atoms with Crippen LogP contribution < -0.4 is 5.73 Å². The molecule has 1 aliphatic rings. The van der Waals surface area contributed by atoms with Crippen LogP contribution in [0.4, 0.5) is 5.69 Å². The van der Waals surface area contributed by atoms with Crippen LogP contribution in [0.25, 0.3) is 0 Å². The average molecular weight is 310 g/mol. The van der Waals surface area contributed by atoms with Crippen molar-refractivity contribution in [3.8, 4) is 0 Å². The molecule has 5 heteroatoms. The first kappa shape index (κ1) is 16.1. The Morgan fingerprint density at radius 2 is 2.10 bits per heavy atom. The second kappa shape index (κ2) is 7.14. The predicted molar refractivity (Wildman–Crippen MR) is 87.7 cm³/mol. The van der Waals surface area contributed by atoms with Crippen molar-refractivity contribution in [2.45, 2.75) is 32.2 Å². The van der Waals surface area contributed by atoms with Crippen molar-refractivity contribution in [1.82, 2.24) is 9.80 Å². The molecule has 4 nitrogen and oxygen atoms in total. The summed E-state index contributed by atoms with van der Waals surface area (Å²) in [6.45, 7) is 5.47. The van der Waals surface area contributed by atoms with Gasteiger partial charge in [-0.3, -0.25) is 4.79 Å². The Hall–Kier alpha value is -1.26. The summed E-state index contributed by atoms with van der Waals surface area (Å²) in [6, 6.07) is 5.35. The van der Waals surface area contributed by atoms with Crippen LogP contribution in [0.5, 0.6) is 0 Å². The van der Waals surface area contributed by atoms with Crippen molar-refractivity contribution in [2.24, 2.45) is 0 Å². The van der Waals surface area contributed by atoms with Gasteiger partial charge in [-0.25, -0.2) is 0 Å². The van der Waals surface area contributed by atoms with Crippen LogP contribution in [0.15, 0.2) is 18.2 Å². The first-order chi connectivity index (χ1) is 10.0. The summed E-state index contributed by atoms with van der Waals surface area (Å²) in [7, 11) is 1.87. The molecule has 1 aromatic rings. The molecule has 0 unspecified atom stereocenters. The minimum absolute atomic E-state index is 0.0156. The zero-order valence-electron chi connectivity index (χ0n) is 12.8. The standard InChI is InChI=1S/C16H24ClN3O/c1-3-8-20-9-6-13(7-10-20)19(2)16(21)14-5-4-12(17)11-15(14)18/h4-5,11,13H,3,6-10,18H2,1-2H3. The predicted octanol–water partition coefficient (Wildman–Crippen LogP) is 2.87. The number of anilines is 1. The van der Waals surface area contributed by atoms with Crippen LogP contribution in [0.3, 0.4) is 0 Å². The van der Waals surface area contributed by atoms with E-state index in [2.05, 4.69) is 11.8 Å². The topological polar surface area (TPSA) is 49.6 Å². The fraction of sp³-hybridized carbons (Fsp3) is 0.562. The number of likely N-dealkylation sites (tertiary alicyclic amines) is 1. The van der Waals surface area contributed by atoms with Crippen LogP contribution in [0, 0.1) is 0 Å². The summed E-state index contributed by atoms with van der Waals surface area (Å²) in [5.41, 5.74) is 6.90. The summed E-state index contributed by atoms with van der Waals surface area (Å²) >= 11 is 5.89. The number of rotatable bonds is 4. The fourth-order valence-corrected chi connectivity index (χ4v) is 3.11. The highest BCUT2D eigenvalue weighted by Crippen LogP contribution is 2.22. The number of halogens is 1. The molecular formula is C16H24ClN3O. The molecule has 0 atom stereocenters. The minimum Gasteiger partial charge on any atom is -0.398 e. The van der Waals surface area contributed by atoms with Crippen LogP contribution in [0.2, 0.25) is 5.02 Å². The van der Waals surface area contributed by atoms with Gasteiger partial charge in [0.1, 0.15) is 0 Å². The van der Waals surface area contributed by atoms with Gasteiger partial charge in [-0.15, -0.1) is 0 Å². The largest absolute Gasteiger partial charge is 0.398 e. The molecule has 1 fully saturated rings. The summed E-state index contributed by atoms with van der Waals surface area (Å²) < 4.78 is 0. The van der Waals surface area contributed by atoms with Crippen molar-refractivity contribution in [3.05, 3.63) is 28.8 Å². The van der Waals surface area contributed by atoms with E-state index in [1.54, 1.807) is 18.2 Å². The van der Waals surface area contributed by atoms with Gasteiger partial charge in [0.25, 0.3) is 5.91 Å². The molecule has 2 N–H and O–H groups in total. The van der Waals surface area contributed by atoms with Gasteiger partial charge in [0.15, 0.2) is 0 Å². The zero-order chi connectivity index (χ0) is 15.4. The van der Waals surface area contributed by atoms with Gasteiger partial charge in [-0.2, -0.15) is 0 Å². The molecular weight excluding hydrogens is 286 g/mol. The van der Waals surface area contributed by atoms with Crippen LogP contribution in [-0.4, -0.2) is 48.4 Å². The number of carbonyl (C=O) groups is 1. The molecule has 2 rings (SSSR count). The lowest BCUT2D eigenvalue weighted by Gasteiger charge is -2.36. The van der Waals surface area contributed by atoms with E-state index in [0.29, 0.717) is 22.3 Å². The molecule has 1 saturated heterocycles. The van der Waals surface area contributed by atoms with E-state index in [4.69, 9.17) is 17.3 Å². The van der Waals surface area contributed by atoms with Crippen LogP contribution >= 0.6 is 11.6 Å². The lowest BCUT2D eigenvalue weighted by molar-refractivity contribution is 0.0644. The molecule has 0 aliphatic carbocycles. The van der Waals surface area contributed by atoms with E-state index in [-0.39, 0.29) is 5.91 Å². The molecule has 1 heterocycles. The minimum atomic E-state index is -0.0156. The van der Waals surface area contributed by atoms with Crippen molar-refractivity contribution in [1.29, 1.82) is 0 Å². The van der Waals surface area contributed by atoms with E-state index in [1.807, 2.05) is 11.9 Å². The molecule has 1 amide bonds. The lowest BCUT2D eigenvalue weighted by Crippen LogP contribution is -2.45. The van der Waals surface area contributed by atoms with Crippen LogP contribution in [-0.2, 0) is 0 Å². The van der Waals surface area contributed by atoms with E-state index in [0.717, 1.165) is 32.5 Å². The molecule has 1 aliphatic heterocycles. The second-order valence-electron chi connectivity index (χ2n) is 5.72. The van der Waals surface area contributed by atoms with E-state index in [1.165, 1.54) is 6.42 Å². The maximum Gasteiger partial charge on any atom is 0.255 e. The highest BCUT2D eigenvalue weighted by molar-refractivity contribution is 6.31. The van der Waals surface area contributed by atoms with E-state index in [9.17, 15) is 4.79 Å². The number of nitrogens with zero attached hydrogens (tertiary/aromatic N) is 2. The molecule has 21 heavy (non-hydrogen) atoms. The molecule has 0 radical (unpaired) electrons. The first-order valence-corrected chi connectivity index (χ1v) is 7.95. The van der Waals surface area contributed by atoms with Gasteiger partial charge < -0.3 is 15.5 Å². The smallest absolute Gasteiger partial charge is 0.255 e.